The Balaban J connectivity index is 1.78. The molecule has 0 aromatic heterocycles. The number of fused-ring (bicyclic) bond motifs is 5. The van der Waals surface area contributed by atoms with Gasteiger partial charge in [0.25, 0.3) is 10.0 Å². The molecular weight excluding hydrogens is 438 g/mol. The molecule has 0 unspecified atom stereocenters. The molecule has 6 nitrogen and oxygen atoms in total. The van der Waals surface area contributed by atoms with E-state index < -0.39 is 39.8 Å². The summed E-state index contributed by atoms with van der Waals surface area (Å²) in [5.74, 6) is -2.63. The summed E-state index contributed by atoms with van der Waals surface area (Å²) in [6.45, 7) is 0. The van der Waals surface area contributed by atoms with Crippen molar-refractivity contribution in [2.24, 2.45) is 11.8 Å². The number of anilines is 1. The van der Waals surface area contributed by atoms with E-state index in [0.29, 0.717) is 16.8 Å². The van der Waals surface area contributed by atoms with Gasteiger partial charge in [-0.25, -0.2) is 8.42 Å². The van der Waals surface area contributed by atoms with Gasteiger partial charge >= 0.3 is 0 Å². The van der Waals surface area contributed by atoms with Crippen molar-refractivity contribution in [3.05, 3.63) is 77.3 Å². The topological polar surface area (TPSA) is 80.8 Å². The van der Waals surface area contributed by atoms with Crippen LogP contribution in [0.2, 0.25) is 0 Å². The van der Waals surface area contributed by atoms with Gasteiger partial charge < -0.3 is 4.74 Å². The van der Waals surface area contributed by atoms with Gasteiger partial charge in [0.2, 0.25) is 0 Å². The molecule has 2 aromatic rings. The predicted molar refractivity (Wildman–Crippen MR) is 116 cm³/mol. The van der Waals surface area contributed by atoms with Crippen molar-refractivity contribution < 1.29 is 22.7 Å². The van der Waals surface area contributed by atoms with E-state index in [-0.39, 0.29) is 15.7 Å². The smallest absolute Gasteiger partial charge is 0.264 e. The molecule has 1 heterocycles. The number of sulfonamides is 1. The second kappa shape index (κ2) is 7.15. The predicted octanol–water partition coefficient (Wildman–Crippen LogP) is 3.18. The number of ketones is 2. The molecule has 8 heteroatoms. The number of halogens is 1. The molecule has 1 aliphatic heterocycles. The SMILES string of the molecule is CO[C@H]1C=C2c3ccccc3N(S(=O)(=O)c3ccccc3)[C@H]2[C@H]2C(=O)C(Cl)=CC(=O)[C@H]21. The number of rotatable bonds is 3. The van der Waals surface area contributed by atoms with E-state index in [4.69, 9.17) is 16.3 Å². The van der Waals surface area contributed by atoms with Gasteiger partial charge in [-0.05, 0) is 29.8 Å². The van der Waals surface area contributed by atoms with Crippen LogP contribution in [-0.4, -0.2) is 39.2 Å². The summed E-state index contributed by atoms with van der Waals surface area (Å²) in [6, 6.07) is 14.2. The normalized spacial score (nSPS) is 27.2. The first-order chi connectivity index (χ1) is 14.9. The molecule has 0 spiro atoms. The molecule has 0 fully saturated rings. The molecule has 0 N–H and O–H groups in total. The maximum atomic E-state index is 13.8. The fraction of sp³-hybridized carbons (Fsp3) is 0.217. The molecule has 2 aliphatic carbocycles. The van der Waals surface area contributed by atoms with Gasteiger partial charge in [-0.3, -0.25) is 13.9 Å². The van der Waals surface area contributed by atoms with Crippen molar-refractivity contribution in [3.8, 4) is 0 Å². The maximum Gasteiger partial charge on any atom is 0.264 e. The minimum absolute atomic E-state index is 0.104. The van der Waals surface area contributed by atoms with Crippen molar-refractivity contribution in [1.82, 2.24) is 0 Å². The van der Waals surface area contributed by atoms with E-state index in [2.05, 4.69) is 0 Å². The second-order valence-corrected chi connectivity index (χ2v) is 9.93. The van der Waals surface area contributed by atoms with E-state index >= 15 is 0 Å². The van der Waals surface area contributed by atoms with Crippen LogP contribution in [0.4, 0.5) is 5.69 Å². The first-order valence-corrected chi connectivity index (χ1v) is 11.6. The summed E-state index contributed by atoms with van der Waals surface area (Å²) in [5, 5.41) is -0.185. The Bertz CT molecular complexity index is 1270. The number of nitrogens with zero attached hydrogens (tertiary/aromatic N) is 1. The minimum Gasteiger partial charge on any atom is -0.377 e. The molecule has 5 rings (SSSR count). The number of Topliss-reactive ketones (excluding diaryl/α,β-unsaturated/α-hetero) is 1. The van der Waals surface area contributed by atoms with Crippen LogP contribution in [0.3, 0.4) is 0 Å². The summed E-state index contributed by atoms with van der Waals surface area (Å²) in [7, 11) is -2.56. The number of hydrogen-bond donors (Lipinski definition) is 0. The molecule has 3 aliphatic rings. The molecule has 0 radical (unpaired) electrons. The molecule has 4 atom stereocenters. The number of allylic oxidation sites excluding steroid dienone is 2. The fourth-order valence-electron chi connectivity index (χ4n) is 4.85. The van der Waals surface area contributed by atoms with Gasteiger partial charge in [0.1, 0.15) is 0 Å². The number of methoxy groups -OCH3 is 1. The molecule has 0 saturated heterocycles. The molecule has 158 valence electrons. The van der Waals surface area contributed by atoms with Gasteiger partial charge in [-0.15, -0.1) is 0 Å². The lowest BCUT2D eigenvalue weighted by molar-refractivity contribution is -0.133. The average Bonchev–Trinajstić information content (AvgIpc) is 3.12. The highest BCUT2D eigenvalue weighted by atomic mass is 35.5. The van der Waals surface area contributed by atoms with Crippen LogP contribution in [-0.2, 0) is 24.3 Å². The van der Waals surface area contributed by atoms with Crippen molar-refractivity contribution in [3.63, 3.8) is 0 Å². The quantitative estimate of drug-likeness (QED) is 0.710. The lowest BCUT2D eigenvalue weighted by Crippen LogP contribution is -2.55. The fourth-order valence-corrected chi connectivity index (χ4v) is 6.77. The molecular formula is C23H18ClNO5S. The van der Waals surface area contributed by atoms with Crippen molar-refractivity contribution >= 4 is 44.5 Å². The standard InChI is InChI=1S/C23H18ClNO5S/c1-30-19-11-15-14-9-5-6-10-17(14)25(31(28,29)13-7-3-2-4-8-13)22(15)21-20(19)18(26)12-16(24)23(21)27/h2-12,19-22H,1H3/t19-,20-,21-,22+/m0/s1. The van der Waals surface area contributed by atoms with Crippen LogP contribution >= 0.6 is 11.6 Å². The number of carbonyl (C=O) groups is 2. The number of ether oxygens (including phenoxy) is 1. The summed E-state index contributed by atoms with van der Waals surface area (Å²) < 4.78 is 34.4. The Kier molecular flexibility index (Phi) is 4.66. The number of carbonyl (C=O) groups excluding carboxylic acids is 2. The molecule has 0 saturated carbocycles. The maximum absolute atomic E-state index is 13.8. The first kappa shape index (κ1) is 20.2. The largest absolute Gasteiger partial charge is 0.377 e. The number of benzene rings is 2. The molecule has 2 aromatic carbocycles. The Labute approximate surface area is 184 Å². The highest BCUT2D eigenvalue weighted by Crippen LogP contribution is 2.52. The van der Waals surface area contributed by atoms with Crippen molar-refractivity contribution in [1.29, 1.82) is 0 Å². The zero-order chi connectivity index (χ0) is 21.9. The van der Waals surface area contributed by atoms with Gasteiger partial charge in [0, 0.05) is 18.7 Å². The monoisotopic (exact) mass is 455 g/mol. The van der Waals surface area contributed by atoms with Crippen molar-refractivity contribution in [2.45, 2.75) is 17.0 Å². The lowest BCUT2D eigenvalue weighted by Gasteiger charge is -2.42. The molecule has 31 heavy (non-hydrogen) atoms. The van der Waals surface area contributed by atoms with E-state index in [1.54, 1.807) is 36.4 Å². The third-order valence-electron chi connectivity index (χ3n) is 6.16. The number of hydrogen-bond acceptors (Lipinski definition) is 5. The summed E-state index contributed by atoms with van der Waals surface area (Å²) in [5.41, 5.74) is 1.80. The summed E-state index contributed by atoms with van der Waals surface area (Å²) >= 11 is 6.12. The van der Waals surface area contributed by atoms with Crippen molar-refractivity contribution in [2.75, 3.05) is 11.4 Å². The van der Waals surface area contributed by atoms with E-state index in [1.807, 2.05) is 12.1 Å². The Morgan fingerprint density at radius 1 is 0.968 bits per heavy atom. The van der Waals surface area contributed by atoms with Crippen LogP contribution in [0.25, 0.3) is 5.57 Å². The van der Waals surface area contributed by atoms with Gasteiger partial charge in [0.15, 0.2) is 11.6 Å². The molecule has 0 bridgehead atoms. The van der Waals surface area contributed by atoms with Crippen LogP contribution in [0.15, 0.2) is 76.7 Å². The van der Waals surface area contributed by atoms with Crippen LogP contribution in [0, 0.1) is 11.8 Å². The minimum atomic E-state index is -4.03. The zero-order valence-corrected chi connectivity index (χ0v) is 18.0. The summed E-state index contributed by atoms with van der Waals surface area (Å²) in [6.07, 6.45) is 2.22. The molecule has 0 amide bonds. The third kappa shape index (κ3) is 2.84. The zero-order valence-electron chi connectivity index (χ0n) is 16.4. The van der Waals surface area contributed by atoms with Crippen LogP contribution in [0.1, 0.15) is 5.56 Å². The second-order valence-electron chi connectivity index (χ2n) is 7.71. The highest BCUT2D eigenvalue weighted by molar-refractivity contribution is 7.93. The van der Waals surface area contributed by atoms with Gasteiger partial charge in [0.05, 0.1) is 39.6 Å². The van der Waals surface area contributed by atoms with Gasteiger partial charge in [-0.2, -0.15) is 0 Å². The van der Waals surface area contributed by atoms with Crippen LogP contribution in [0.5, 0.6) is 0 Å². The number of para-hydroxylation sites is 1. The highest BCUT2D eigenvalue weighted by Gasteiger charge is 2.57. The van der Waals surface area contributed by atoms with E-state index in [9.17, 15) is 18.0 Å². The van der Waals surface area contributed by atoms with E-state index in [0.717, 1.165) is 6.08 Å². The average molecular weight is 456 g/mol. The Morgan fingerprint density at radius 2 is 1.65 bits per heavy atom. The summed E-state index contributed by atoms with van der Waals surface area (Å²) in [4.78, 5) is 26.2. The van der Waals surface area contributed by atoms with Gasteiger partial charge in [-0.1, -0.05) is 48.0 Å². The lowest BCUT2D eigenvalue weighted by atomic mass is 9.68. The first-order valence-electron chi connectivity index (χ1n) is 9.75. The Morgan fingerprint density at radius 3 is 2.35 bits per heavy atom. The van der Waals surface area contributed by atoms with E-state index in [1.165, 1.54) is 23.5 Å². The van der Waals surface area contributed by atoms with Crippen LogP contribution < -0.4 is 4.31 Å². The third-order valence-corrected chi connectivity index (χ3v) is 8.26. The Hall–Kier alpha value is -2.74.